The van der Waals surface area contributed by atoms with Crippen molar-refractivity contribution >= 4 is 18.4 Å². The molecular weight excluding hydrogens is 305 g/mol. The normalized spacial score (nSPS) is 29.5. The monoisotopic (exact) mass is 325 g/mol. The lowest BCUT2D eigenvalue weighted by Gasteiger charge is -2.48. The molecule has 3 unspecified atom stereocenters. The molecule has 2 heterocycles. The number of piperidine rings is 1. The lowest BCUT2D eigenvalue weighted by molar-refractivity contribution is -0.173. The van der Waals surface area contributed by atoms with Gasteiger partial charge in [0.05, 0.1) is 0 Å². The van der Waals surface area contributed by atoms with Gasteiger partial charge in [0.15, 0.2) is 0 Å². The fourth-order valence-electron chi connectivity index (χ4n) is 3.33. The van der Waals surface area contributed by atoms with Gasteiger partial charge in [-0.1, -0.05) is 31.2 Å². The summed E-state index contributed by atoms with van der Waals surface area (Å²) in [5, 5.41) is 0. The van der Waals surface area contributed by atoms with E-state index in [1.165, 1.54) is 12.1 Å². The number of hydrogen-bond acceptors (Lipinski definition) is 3. The van der Waals surface area contributed by atoms with Gasteiger partial charge in [-0.05, 0) is 17.7 Å². The van der Waals surface area contributed by atoms with Crippen molar-refractivity contribution in [3.05, 3.63) is 47.8 Å². The molecule has 1 fully saturated rings. The van der Waals surface area contributed by atoms with Gasteiger partial charge in [-0.2, -0.15) is 0 Å². The number of carbonyl (C=O) groups is 1. The first-order valence-electron chi connectivity index (χ1n) is 7.51. The van der Waals surface area contributed by atoms with Crippen molar-refractivity contribution in [1.29, 1.82) is 0 Å². The molecule has 2 bridgehead atoms. The zero-order chi connectivity index (χ0) is 14.9. The third-order valence-electron chi connectivity index (χ3n) is 4.50. The number of fused-ring (bicyclic) bond motifs is 2. The molecule has 3 atom stereocenters. The Kier molecular flexibility index (Phi) is 5.24. The second-order valence-electron chi connectivity index (χ2n) is 5.77. The quantitative estimate of drug-likeness (QED) is 0.631. The zero-order valence-corrected chi connectivity index (χ0v) is 13.4. The Balaban J connectivity index is 0.00000176. The van der Waals surface area contributed by atoms with E-state index < -0.39 is 5.60 Å². The summed E-state index contributed by atoms with van der Waals surface area (Å²) in [6.07, 6.45) is 5.37. The molecular formula is C17H21ClFNO2. The summed E-state index contributed by atoms with van der Waals surface area (Å²) >= 11 is 0. The minimum atomic E-state index is -0.659. The molecule has 22 heavy (non-hydrogen) atoms. The third kappa shape index (κ3) is 3.03. The summed E-state index contributed by atoms with van der Waals surface area (Å²) in [4.78, 5) is 14.3. The number of esters is 1. The first-order chi connectivity index (χ1) is 10.1. The average molecular weight is 326 g/mol. The second-order valence-corrected chi connectivity index (χ2v) is 5.77. The summed E-state index contributed by atoms with van der Waals surface area (Å²) < 4.78 is 19.1. The highest BCUT2D eigenvalue weighted by Gasteiger charge is 2.47. The van der Waals surface area contributed by atoms with Crippen LogP contribution in [0, 0.1) is 11.7 Å². The molecule has 0 aliphatic carbocycles. The molecule has 5 heteroatoms. The number of carbonyl (C=O) groups excluding carboxylic acids is 1. The first kappa shape index (κ1) is 17.0. The number of benzene rings is 1. The van der Waals surface area contributed by atoms with Crippen LogP contribution in [0.1, 0.15) is 25.3 Å². The highest BCUT2D eigenvalue weighted by atomic mass is 35.5. The fraction of sp³-hybridized carbons (Fsp3) is 0.471. The van der Waals surface area contributed by atoms with Crippen LogP contribution < -0.4 is 0 Å². The summed E-state index contributed by atoms with van der Waals surface area (Å²) in [6, 6.07) is 6.37. The Morgan fingerprint density at radius 1 is 1.41 bits per heavy atom. The topological polar surface area (TPSA) is 29.5 Å². The fourth-order valence-corrected chi connectivity index (χ4v) is 3.33. The third-order valence-corrected chi connectivity index (χ3v) is 4.50. The Bertz CT molecular complexity index is 560. The van der Waals surface area contributed by atoms with Gasteiger partial charge in [0.25, 0.3) is 0 Å². The summed E-state index contributed by atoms with van der Waals surface area (Å²) in [6.45, 7) is 4.52. The Hall–Kier alpha value is -1.39. The molecule has 1 aromatic rings. The predicted octanol–water partition coefficient (Wildman–Crippen LogP) is 3.29. The van der Waals surface area contributed by atoms with E-state index in [-0.39, 0.29) is 30.1 Å². The summed E-state index contributed by atoms with van der Waals surface area (Å²) in [5.74, 6) is -0.347. The van der Waals surface area contributed by atoms with Crippen molar-refractivity contribution in [2.24, 2.45) is 5.92 Å². The van der Waals surface area contributed by atoms with E-state index in [1.807, 2.05) is 0 Å². The van der Waals surface area contributed by atoms with Crippen molar-refractivity contribution in [3.8, 4) is 0 Å². The van der Waals surface area contributed by atoms with Crippen LogP contribution in [0.3, 0.4) is 0 Å². The van der Waals surface area contributed by atoms with Crippen LogP contribution in [0.2, 0.25) is 0 Å². The number of hydrogen-bond donors (Lipinski definition) is 0. The minimum absolute atomic E-state index is 0. The van der Waals surface area contributed by atoms with Crippen molar-refractivity contribution < 1.29 is 13.9 Å². The summed E-state index contributed by atoms with van der Waals surface area (Å²) in [7, 11) is 0. The molecule has 0 N–H and O–H groups in total. The summed E-state index contributed by atoms with van der Waals surface area (Å²) in [5.41, 5.74) is 0.232. The van der Waals surface area contributed by atoms with E-state index in [4.69, 9.17) is 4.74 Å². The molecule has 0 radical (unpaired) electrons. The van der Waals surface area contributed by atoms with Gasteiger partial charge in [0.1, 0.15) is 11.4 Å². The molecule has 1 saturated heterocycles. The first-order valence-corrected chi connectivity index (χ1v) is 7.51. The van der Waals surface area contributed by atoms with E-state index >= 15 is 0 Å². The van der Waals surface area contributed by atoms with Crippen molar-refractivity contribution in [3.63, 3.8) is 0 Å². The van der Waals surface area contributed by atoms with Gasteiger partial charge in [-0.25, -0.2) is 4.39 Å². The standard InChI is InChI=1S/C17H20FNO2.ClH/c1-2-16(20)21-17(13-5-7-15(18)8-6-13)9-11-19-10-3-4-14(17)12-19;/h3-8,14H,2,9-12H2,1H3;1H. The van der Waals surface area contributed by atoms with Crippen LogP contribution in [-0.2, 0) is 15.1 Å². The van der Waals surface area contributed by atoms with Crippen LogP contribution in [0.5, 0.6) is 0 Å². The van der Waals surface area contributed by atoms with E-state index in [1.54, 1.807) is 19.1 Å². The van der Waals surface area contributed by atoms with E-state index in [9.17, 15) is 9.18 Å². The SMILES string of the molecule is CCC(=O)OC1(c2ccc(F)cc2)CCN2CC=CC1C2.Cl. The van der Waals surface area contributed by atoms with Gasteiger partial charge in [-0.15, -0.1) is 12.4 Å². The largest absolute Gasteiger partial charge is 0.453 e. The lowest BCUT2D eigenvalue weighted by Crippen LogP contribution is -2.53. The Labute approximate surface area is 136 Å². The molecule has 1 aromatic carbocycles. The van der Waals surface area contributed by atoms with Crippen molar-refractivity contribution in [1.82, 2.24) is 4.90 Å². The molecule has 2 aliphatic heterocycles. The van der Waals surface area contributed by atoms with Crippen LogP contribution >= 0.6 is 12.4 Å². The van der Waals surface area contributed by atoms with Gasteiger partial charge < -0.3 is 4.74 Å². The Morgan fingerprint density at radius 2 is 2.14 bits per heavy atom. The molecule has 3 nitrogen and oxygen atoms in total. The van der Waals surface area contributed by atoms with Gasteiger partial charge >= 0.3 is 5.97 Å². The maximum atomic E-state index is 13.2. The highest BCUT2D eigenvalue weighted by molar-refractivity contribution is 5.85. The maximum Gasteiger partial charge on any atom is 0.306 e. The van der Waals surface area contributed by atoms with Gasteiger partial charge in [-0.3, -0.25) is 9.69 Å². The number of ether oxygens (including phenoxy) is 1. The van der Waals surface area contributed by atoms with Gasteiger partial charge in [0.2, 0.25) is 0 Å². The molecule has 2 aliphatic rings. The zero-order valence-electron chi connectivity index (χ0n) is 12.6. The predicted molar refractivity (Wildman–Crippen MR) is 85.4 cm³/mol. The number of nitrogens with zero attached hydrogens (tertiary/aromatic N) is 1. The molecule has 0 amide bonds. The lowest BCUT2D eigenvalue weighted by atomic mass is 9.74. The number of halogens is 2. The van der Waals surface area contributed by atoms with Crippen molar-refractivity contribution in [2.75, 3.05) is 19.6 Å². The number of rotatable bonds is 3. The van der Waals surface area contributed by atoms with E-state index in [0.29, 0.717) is 6.42 Å². The van der Waals surface area contributed by atoms with Crippen LogP contribution in [-0.4, -0.2) is 30.5 Å². The van der Waals surface area contributed by atoms with Crippen molar-refractivity contribution in [2.45, 2.75) is 25.4 Å². The molecule has 120 valence electrons. The molecule has 0 saturated carbocycles. The van der Waals surface area contributed by atoms with E-state index in [0.717, 1.165) is 31.6 Å². The van der Waals surface area contributed by atoms with Crippen LogP contribution in [0.15, 0.2) is 36.4 Å². The van der Waals surface area contributed by atoms with Crippen LogP contribution in [0.4, 0.5) is 4.39 Å². The molecule has 0 spiro atoms. The molecule has 3 rings (SSSR count). The van der Waals surface area contributed by atoms with Gasteiger partial charge in [0, 0.05) is 38.4 Å². The van der Waals surface area contributed by atoms with E-state index in [2.05, 4.69) is 17.1 Å². The smallest absolute Gasteiger partial charge is 0.306 e. The minimum Gasteiger partial charge on any atom is -0.453 e. The molecule has 0 aromatic heterocycles. The van der Waals surface area contributed by atoms with Crippen LogP contribution in [0.25, 0.3) is 0 Å². The Morgan fingerprint density at radius 3 is 2.82 bits per heavy atom. The highest BCUT2D eigenvalue weighted by Crippen LogP contribution is 2.43. The second kappa shape index (κ2) is 6.80. The maximum absolute atomic E-state index is 13.2. The average Bonchev–Trinajstić information content (AvgIpc) is 2.51.